The maximum absolute atomic E-state index is 12.9. The highest BCUT2D eigenvalue weighted by Crippen LogP contribution is 2.32. The maximum Gasteiger partial charge on any atom is 0.260 e. The molecule has 0 spiro atoms. The predicted molar refractivity (Wildman–Crippen MR) is 93.9 cm³/mol. The van der Waals surface area contributed by atoms with E-state index in [0.29, 0.717) is 18.7 Å². The van der Waals surface area contributed by atoms with Crippen LogP contribution < -0.4 is 4.74 Å². The monoisotopic (exact) mass is 383 g/mol. The van der Waals surface area contributed by atoms with E-state index in [-0.39, 0.29) is 30.6 Å². The quantitative estimate of drug-likeness (QED) is 0.814. The minimum Gasteiger partial charge on any atom is -0.484 e. The van der Waals surface area contributed by atoms with Gasteiger partial charge in [0.1, 0.15) is 11.6 Å². The molecular weight excluding hydrogens is 365 g/mol. The average molecular weight is 383 g/mol. The van der Waals surface area contributed by atoms with E-state index in [2.05, 4.69) is 0 Å². The standard InChI is InChI=1S/C17H18FNO4S2/c18-13-3-5-14(6-4-13)23-12-17(20)19-8-7-16(15-2-1-10-24-15)25(21,22)11-9-19/h1-6,10,16H,7-9,11-12H2. The summed E-state index contributed by atoms with van der Waals surface area (Å²) in [7, 11) is -3.29. The molecule has 1 fully saturated rings. The zero-order valence-electron chi connectivity index (χ0n) is 13.4. The molecular formula is C17H18FNO4S2. The van der Waals surface area contributed by atoms with Crippen LogP contribution in [0.2, 0.25) is 0 Å². The van der Waals surface area contributed by atoms with Gasteiger partial charge in [-0.05, 0) is 42.1 Å². The molecule has 1 aromatic carbocycles. The number of thiophene rings is 1. The fourth-order valence-electron chi connectivity index (χ4n) is 2.75. The van der Waals surface area contributed by atoms with Gasteiger partial charge in [-0.25, -0.2) is 12.8 Å². The molecule has 8 heteroatoms. The number of halogens is 1. The Morgan fingerprint density at radius 3 is 2.68 bits per heavy atom. The van der Waals surface area contributed by atoms with E-state index in [9.17, 15) is 17.6 Å². The smallest absolute Gasteiger partial charge is 0.260 e. The summed E-state index contributed by atoms with van der Waals surface area (Å²) in [5.74, 6) is -0.311. The summed E-state index contributed by atoms with van der Waals surface area (Å²) in [4.78, 5) is 14.7. The van der Waals surface area contributed by atoms with Crippen molar-refractivity contribution in [3.05, 3.63) is 52.5 Å². The van der Waals surface area contributed by atoms with Crippen LogP contribution in [-0.2, 0) is 14.6 Å². The van der Waals surface area contributed by atoms with Gasteiger partial charge in [0.15, 0.2) is 16.4 Å². The molecule has 3 rings (SSSR count). The first-order valence-electron chi connectivity index (χ1n) is 7.87. The highest BCUT2D eigenvalue weighted by atomic mass is 32.2. The molecule has 134 valence electrons. The first-order valence-corrected chi connectivity index (χ1v) is 10.5. The van der Waals surface area contributed by atoms with Gasteiger partial charge in [-0.15, -0.1) is 11.3 Å². The molecule has 0 aliphatic carbocycles. The first kappa shape index (κ1) is 17.9. The lowest BCUT2D eigenvalue weighted by atomic mass is 10.2. The molecule has 1 aliphatic heterocycles. The Morgan fingerprint density at radius 2 is 2.00 bits per heavy atom. The number of rotatable bonds is 4. The predicted octanol–water partition coefficient (Wildman–Crippen LogP) is 2.65. The van der Waals surface area contributed by atoms with E-state index in [1.54, 1.807) is 0 Å². The van der Waals surface area contributed by atoms with Gasteiger partial charge in [0.25, 0.3) is 5.91 Å². The summed E-state index contributed by atoms with van der Waals surface area (Å²) in [5, 5.41) is 1.30. The molecule has 1 unspecified atom stereocenters. The Kier molecular flexibility index (Phi) is 5.39. The second kappa shape index (κ2) is 7.53. The second-order valence-corrected chi connectivity index (χ2v) is 9.07. The van der Waals surface area contributed by atoms with Crippen molar-refractivity contribution in [3.8, 4) is 5.75 Å². The SMILES string of the molecule is O=C(COc1ccc(F)cc1)N1CCC(c2cccs2)S(=O)(=O)CC1. The van der Waals surface area contributed by atoms with Gasteiger partial charge in [-0.2, -0.15) is 0 Å². The number of benzene rings is 1. The second-order valence-electron chi connectivity index (χ2n) is 5.78. The number of ether oxygens (including phenoxy) is 1. The Balaban J connectivity index is 1.62. The number of sulfone groups is 1. The van der Waals surface area contributed by atoms with E-state index < -0.39 is 15.1 Å². The van der Waals surface area contributed by atoms with Crippen LogP contribution in [0.1, 0.15) is 16.5 Å². The average Bonchev–Trinajstić information content (AvgIpc) is 3.05. The van der Waals surface area contributed by atoms with Crippen LogP contribution in [0.15, 0.2) is 41.8 Å². The number of hydrogen-bond donors (Lipinski definition) is 0. The van der Waals surface area contributed by atoms with Crippen molar-refractivity contribution in [2.45, 2.75) is 11.7 Å². The van der Waals surface area contributed by atoms with Crippen LogP contribution >= 0.6 is 11.3 Å². The molecule has 0 N–H and O–H groups in total. The molecule has 2 heterocycles. The van der Waals surface area contributed by atoms with Crippen LogP contribution in [0.4, 0.5) is 4.39 Å². The number of hydrogen-bond acceptors (Lipinski definition) is 5. The minimum absolute atomic E-state index is 0.0577. The molecule has 1 amide bonds. The van der Waals surface area contributed by atoms with Gasteiger partial charge in [0.2, 0.25) is 0 Å². The molecule has 2 aromatic rings. The third-order valence-corrected chi connectivity index (χ3v) is 7.37. The lowest BCUT2D eigenvalue weighted by Gasteiger charge is -2.20. The van der Waals surface area contributed by atoms with Crippen molar-refractivity contribution in [2.24, 2.45) is 0 Å². The van der Waals surface area contributed by atoms with E-state index in [1.165, 1.54) is 40.5 Å². The van der Waals surface area contributed by atoms with E-state index in [0.717, 1.165) is 4.88 Å². The van der Waals surface area contributed by atoms with Crippen molar-refractivity contribution in [3.63, 3.8) is 0 Å². The molecule has 1 aliphatic rings. The normalized spacial score (nSPS) is 20.0. The Labute approximate surface area is 150 Å². The lowest BCUT2D eigenvalue weighted by molar-refractivity contribution is -0.133. The topological polar surface area (TPSA) is 63.7 Å². The van der Waals surface area contributed by atoms with Crippen LogP contribution in [-0.4, -0.2) is 44.7 Å². The molecule has 25 heavy (non-hydrogen) atoms. The number of nitrogens with zero attached hydrogens (tertiary/aromatic N) is 1. The van der Waals surface area contributed by atoms with Crippen molar-refractivity contribution in [2.75, 3.05) is 25.4 Å². The summed E-state index contributed by atoms with van der Waals surface area (Å²) >= 11 is 1.42. The largest absolute Gasteiger partial charge is 0.484 e. The molecule has 1 saturated heterocycles. The fraction of sp³-hybridized carbons (Fsp3) is 0.353. The van der Waals surface area contributed by atoms with Crippen LogP contribution in [0, 0.1) is 5.82 Å². The van der Waals surface area contributed by atoms with Gasteiger partial charge in [-0.3, -0.25) is 4.79 Å². The molecule has 1 aromatic heterocycles. The van der Waals surface area contributed by atoms with Crippen LogP contribution in [0.25, 0.3) is 0 Å². The Bertz CT molecular complexity index is 819. The highest BCUT2D eigenvalue weighted by molar-refractivity contribution is 7.91. The van der Waals surface area contributed by atoms with Gasteiger partial charge >= 0.3 is 0 Å². The van der Waals surface area contributed by atoms with E-state index in [1.807, 2.05) is 17.5 Å². The van der Waals surface area contributed by atoms with Gasteiger partial charge in [0.05, 0.1) is 11.0 Å². The molecule has 0 radical (unpaired) electrons. The summed E-state index contributed by atoms with van der Waals surface area (Å²) in [5.41, 5.74) is 0. The Hall–Kier alpha value is -1.93. The third kappa shape index (κ3) is 4.38. The van der Waals surface area contributed by atoms with E-state index in [4.69, 9.17) is 4.74 Å². The third-order valence-electron chi connectivity index (χ3n) is 4.13. The highest BCUT2D eigenvalue weighted by Gasteiger charge is 2.33. The van der Waals surface area contributed by atoms with Crippen molar-refractivity contribution >= 4 is 27.1 Å². The zero-order chi connectivity index (χ0) is 17.9. The van der Waals surface area contributed by atoms with Crippen molar-refractivity contribution in [1.82, 2.24) is 4.90 Å². The summed E-state index contributed by atoms with van der Waals surface area (Å²) in [6.45, 7) is 0.332. The molecule has 1 atom stereocenters. The summed E-state index contributed by atoms with van der Waals surface area (Å²) in [6.07, 6.45) is 0.380. The number of carbonyl (C=O) groups excluding carboxylic acids is 1. The fourth-order valence-corrected chi connectivity index (χ4v) is 5.76. The van der Waals surface area contributed by atoms with Gasteiger partial charge in [0, 0.05) is 18.0 Å². The van der Waals surface area contributed by atoms with Gasteiger partial charge in [-0.1, -0.05) is 6.07 Å². The Morgan fingerprint density at radius 1 is 1.24 bits per heavy atom. The number of carbonyl (C=O) groups is 1. The minimum atomic E-state index is -3.29. The first-order chi connectivity index (χ1) is 12.0. The van der Waals surface area contributed by atoms with Crippen molar-refractivity contribution < 1.29 is 22.3 Å². The summed E-state index contributed by atoms with van der Waals surface area (Å²) in [6, 6.07) is 9.06. The maximum atomic E-state index is 12.9. The van der Waals surface area contributed by atoms with Crippen molar-refractivity contribution in [1.29, 1.82) is 0 Å². The van der Waals surface area contributed by atoms with Crippen LogP contribution in [0.3, 0.4) is 0 Å². The van der Waals surface area contributed by atoms with Crippen LogP contribution in [0.5, 0.6) is 5.75 Å². The molecule has 0 bridgehead atoms. The lowest BCUT2D eigenvalue weighted by Crippen LogP contribution is -2.37. The molecule has 5 nitrogen and oxygen atoms in total. The molecule has 0 saturated carbocycles. The van der Waals surface area contributed by atoms with Gasteiger partial charge < -0.3 is 9.64 Å². The van der Waals surface area contributed by atoms with E-state index >= 15 is 0 Å². The summed E-state index contributed by atoms with van der Waals surface area (Å²) < 4.78 is 43.2. The zero-order valence-corrected chi connectivity index (χ0v) is 15.1. The number of amides is 1.